The Morgan fingerprint density at radius 3 is 3.00 bits per heavy atom. The first-order valence-electron chi connectivity index (χ1n) is 7.86. The van der Waals surface area contributed by atoms with Gasteiger partial charge in [0.2, 0.25) is 0 Å². The molecule has 1 N–H and O–H groups in total. The van der Waals surface area contributed by atoms with E-state index in [-0.39, 0.29) is 0 Å². The fourth-order valence-electron chi connectivity index (χ4n) is 2.95. The summed E-state index contributed by atoms with van der Waals surface area (Å²) in [4.78, 5) is 1.45. The average Bonchev–Trinajstić information content (AvgIpc) is 3.04. The third-order valence-electron chi connectivity index (χ3n) is 4.04. The summed E-state index contributed by atoms with van der Waals surface area (Å²) in [5.74, 6) is 0. The third-order valence-corrected chi connectivity index (χ3v) is 4.98. The maximum absolute atomic E-state index is 6.09. The molecule has 1 aliphatic carbocycles. The molecule has 2 nitrogen and oxygen atoms in total. The number of ether oxygens (including phenoxy) is 1. The van der Waals surface area contributed by atoms with Crippen LogP contribution in [-0.4, -0.2) is 19.7 Å². The van der Waals surface area contributed by atoms with Crippen LogP contribution in [0.2, 0.25) is 0 Å². The number of hydrogen-bond donors (Lipinski definition) is 1. The Morgan fingerprint density at radius 2 is 2.10 bits per heavy atom. The molecule has 1 unspecified atom stereocenters. The molecule has 1 aromatic heterocycles. The fraction of sp³-hybridized carbons (Fsp3) is 0.444. The highest BCUT2D eigenvalue weighted by Crippen LogP contribution is 2.31. The van der Waals surface area contributed by atoms with Crippen LogP contribution in [-0.2, 0) is 17.6 Å². The van der Waals surface area contributed by atoms with Crippen molar-refractivity contribution in [1.82, 2.24) is 5.32 Å². The molecule has 1 heterocycles. The summed E-state index contributed by atoms with van der Waals surface area (Å²) in [5.41, 5.74) is 2.88. The van der Waals surface area contributed by atoms with Crippen LogP contribution in [0, 0.1) is 0 Å². The standard InChI is InChI=1S/C18H23NOS/c1-2-8-17-15(5-1)6-3-9-18(17)20-13-12-19-11-10-16-7-4-14-21-16/h1-2,4-5,7-8,14,18-19H,3,6,9-13H2. The Morgan fingerprint density at radius 1 is 1.14 bits per heavy atom. The maximum atomic E-state index is 6.09. The summed E-state index contributed by atoms with van der Waals surface area (Å²) in [6.45, 7) is 2.76. The van der Waals surface area contributed by atoms with Crippen LogP contribution in [0.1, 0.15) is 34.9 Å². The highest BCUT2D eigenvalue weighted by Gasteiger charge is 2.19. The zero-order chi connectivity index (χ0) is 14.3. The van der Waals surface area contributed by atoms with E-state index < -0.39 is 0 Å². The lowest BCUT2D eigenvalue weighted by Crippen LogP contribution is -2.24. The predicted octanol–water partition coefficient (Wildman–Crippen LogP) is 3.97. The Bertz CT molecular complexity index is 538. The summed E-state index contributed by atoms with van der Waals surface area (Å²) < 4.78 is 6.09. The molecule has 0 radical (unpaired) electrons. The van der Waals surface area contributed by atoms with Crippen LogP contribution < -0.4 is 5.32 Å². The lowest BCUT2D eigenvalue weighted by molar-refractivity contribution is 0.0428. The van der Waals surface area contributed by atoms with Gasteiger partial charge in [0.1, 0.15) is 0 Å². The molecule has 3 heteroatoms. The molecule has 3 rings (SSSR count). The molecule has 2 aromatic rings. The van der Waals surface area contributed by atoms with Gasteiger partial charge in [0, 0.05) is 18.0 Å². The number of aryl methyl sites for hydroxylation is 1. The van der Waals surface area contributed by atoms with Crippen molar-refractivity contribution in [2.75, 3.05) is 19.7 Å². The molecule has 1 aliphatic rings. The van der Waals surface area contributed by atoms with Crippen LogP contribution in [0.3, 0.4) is 0 Å². The molecule has 0 amide bonds. The highest BCUT2D eigenvalue weighted by atomic mass is 32.1. The monoisotopic (exact) mass is 301 g/mol. The molecular weight excluding hydrogens is 278 g/mol. The molecule has 112 valence electrons. The zero-order valence-corrected chi connectivity index (χ0v) is 13.2. The second kappa shape index (κ2) is 7.74. The zero-order valence-electron chi connectivity index (χ0n) is 12.4. The predicted molar refractivity (Wildman–Crippen MR) is 89.0 cm³/mol. The molecule has 0 bridgehead atoms. The van der Waals surface area contributed by atoms with Gasteiger partial charge in [0.25, 0.3) is 0 Å². The van der Waals surface area contributed by atoms with Crippen molar-refractivity contribution >= 4 is 11.3 Å². The van der Waals surface area contributed by atoms with E-state index in [1.165, 1.54) is 28.8 Å². The van der Waals surface area contributed by atoms with Gasteiger partial charge < -0.3 is 10.1 Å². The lowest BCUT2D eigenvalue weighted by Gasteiger charge is -2.25. The number of nitrogens with one attached hydrogen (secondary N) is 1. The Balaban J connectivity index is 1.36. The molecule has 0 fully saturated rings. The van der Waals surface area contributed by atoms with Gasteiger partial charge in [-0.1, -0.05) is 30.3 Å². The van der Waals surface area contributed by atoms with E-state index in [1.54, 1.807) is 0 Å². The number of rotatable bonds is 7. The van der Waals surface area contributed by atoms with E-state index in [0.29, 0.717) is 6.10 Å². The Hall–Kier alpha value is -1.16. The molecule has 0 aliphatic heterocycles. The first-order valence-corrected chi connectivity index (χ1v) is 8.74. The van der Waals surface area contributed by atoms with E-state index in [4.69, 9.17) is 4.74 Å². The highest BCUT2D eigenvalue weighted by molar-refractivity contribution is 7.09. The van der Waals surface area contributed by atoms with Crippen molar-refractivity contribution in [1.29, 1.82) is 0 Å². The van der Waals surface area contributed by atoms with Gasteiger partial charge in [-0.25, -0.2) is 0 Å². The van der Waals surface area contributed by atoms with E-state index in [1.807, 2.05) is 11.3 Å². The number of hydrogen-bond acceptors (Lipinski definition) is 3. The Kier molecular flexibility index (Phi) is 5.44. The first-order chi connectivity index (χ1) is 10.4. The molecule has 0 spiro atoms. The number of benzene rings is 1. The van der Waals surface area contributed by atoms with E-state index >= 15 is 0 Å². The minimum absolute atomic E-state index is 0.300. The molecule has 0 saturated carbocycles. The molecule has 1 aromatic carbocycles. The molecular formula is C18H23NOS. The second-order valence-corrected chi connectivity index (χ2v) is 6.56. The minimum Gasteiger partial charge on any atom is -0.372 e. The van der Waals surface area contributed by atoms with Gasteiger partial charge in [-0.15, -0.1) is 11.3 Å². The number of fused-ring (bicyclic) bond motifs is 1. The van der Waals surface area contributed by atoms with E-state index in [9.17, 15) is 0 Å². The Labute approximate surface area is 131 Å². The SMILES string of the molecule is c1csc(CCNCCOC2CCCc3ccccc32)c1. The van der Waals surface area contributed by atoms with Gasteiger partial charge in [-0.3, -0.25) is 0 Å². The topological polar surface area (TPSA) is 21.3 Å². The third kappa shape index (κ3) is 4.16. The molecule has 21 heavy (non-hydrogen) atoms. The van der Waals surface area contributed by atoms with E-state index in [0.717, 1.165) is 32.5 Å². The largest absolute Gasteiger partial charge is 0.372 e. The first kappa shape index (κ1) is 14.8. The fourth-order valence-corrected chi connectivity index (χ4v) is 3.66. The average molecular weight is 301 g/mol. The number of thiophene rings is 1. The van der Waals surface area contributed by atoms with Crippen molar-refractivity contribution in [2.24, 2.45) is 0 Å². The molecule has 0 saturated heterocycles. The van der Waals surface area contributed by atoms with Crippen molar-refractivity contribution < 1.29 is 4.74 Å². The van der Waals surface area contributed by atoms with Crippen LogP contribution in [0.15, 0.2) is 41.8 Å². The smallest absolute Gasteiger partial charge is 0.0828 e. The quantitative estimate of drug-likeness (QED) is 0.781. The summed E-state index contributed by atoms with van der Waals surface area (Å²) in [5, 5.41) is 5.61. The van der Waals surface area contributed by atoms with Crippen LogP contribution in [0.5, 0.6) is 0 Å². The lowest BCUT2D eigenvalue weighted by atomic mass is 9.89. The van der Waals surface area contributed by atoms with Crippen molar-refractivity contribution in [3.05, 3.63) is 57.8 Å². The summed E-state index contributed by atoms with van der Waals surface area (Å²) in [6.07, 6.45) is 5.02. The second-order valence-electron chi connectivity index (χ2n) is 5.53. The van der Waals surface area contributed by atoms with Gasteiger partial charge in [-0.2, -0.15) is 0 Å². The van der Waals surface area contributed by atoms with E-state index in [2.05, 4.69) is 47.1 Å². The van der Waals surface area contributed by atoms with Crippen LogP contribution in [0.4, 0.5) is 0 Å². The van der Waals surface area contributed by atoms with Crippen LogP contribution in [0.25, 0.3) is 0 Å². The van der Waals surface area contributed by atoms with Crippen molar-refractivity contribution in [3.8, 4) is 0 Å². The van der Waals surface area contributed by atoms with Crippen molar-refractivity contribution in [2.45, 2.75) is 31.8 Å². The van der Waals surface area contributed by atoms with Gasteiger partial charge >= 0.3 is 0 Å². The van der Waals surface area contributed by atoms with Crippen molar-refractivity contribution in [3.63, 3.8) is 0 Å². The van der Waals surface area contributed by atoms with Gasteiger partial charge in [0.05, 0.1) is 12.7 Å². The normalized spacial score (nSPS) is 17.6. The van der Waals surface area contributed by atoms with Crippen LogP contribution >= 0.6 is 11.3 Å². The summed E-state index contributed by atoms with van der Waals surface area (Å²) >= 11 is 1.83. The maximum Gasteiger partial charge on any atom is 0.0828 e. The minimum atomic E-state index is 0.300. The summed E-state index contributed by atoms with van der Waals surface area (Å²) in [7, 11) is 0. The van der Waals surface area contributed by atoms with Gasteiger partial charge in [0.15, 0.2) is 0 Å². The molecule has 1 atom stereocenters. The van der Waals surface area contributed by atoms with Gasteiger partial charge in [-0.05, 0) is 48.3 Å². The summed E-state index contributed by atoms with van der Waals surface area (Å²) in [6, 6.07) is 13.0.